The number of nitrogens with two attached hydrogens (primary N) is 1. The molecule has 1 unspecified atom stereocenters. The number of rotatable bonds is 5. The number of carbonyl (C=O) groups is 2. The van der Waals surface area contributed by atoms with Gasteiger partial charge in [0.1, 0.15) is 12.0 Å². The highest BCUT2D eigenvalue weighted by atomic mass is 16.3. The first kappa shape index (κ1) is 17.3. The Morgan fingerprint density at radius 1 is 1.41 bits per heavy atom. The van der Waals surface area contributed by atoms with E-state index >= 15 is 0 Å². The van der Waals surface area contributed by atoms with Crippen molar-refractivity contribution < 1.29 is 14.0 Å². The van der Waals surface area contributed by atoms with Gasteiger partial charge in [0.25, 0.3) is 11.8 Å². The van der Waals surface area contributed by atoms with Crippen LogP contribution in [0, 0.1) is 5.41 Å². The maximum Gasteiger partial charge on any atom is 0.272 e. The van der Waals surface area contributed by atoms with Gasteiger partial charge in [0, 0.05) is 13.1 Å². The molecule has 1 aliphatic carbocycles. The van der Waals surface area contributed by atoms with E-state index in [0.29, 0.717) is 11.5 Å². The van der Waals surface area contributed by atoms with Gasteiger partial charge in [-0.3, -0.25) is 14.0 Å². The molecule has 1 saturated carbocycles. The predicted molar refractivity (Wildman–Crippen MR) is 98.1 cm³/mol. The summed E-state index contributed by atoms with van der Waals surface area (Å²) in [4.78, 5) is 35.0. The summed E-state index contributed by atoms with van der Waals surface area (Å²) in [6.45, 7) is 4.22. The van der Waals surface area contributed by atoms with Gasteiger partial charge in [-0.2, -0.15) is 0 Å². The molecule has 4 rings (SSSR count). The summed E-state index contributed by atoms with van der Waals surface area (Å²) >= 11 is 0. The van der Waals surface area contributed by atoms with Crippen LogP contribution in [0.5, 0.6) is 0 Å². The Morgan fingerprint density at radius 3 is 2.74 bits per heavy atom. The lowest BCUT2D eigenvalue weighted by Crippen LogP contribution is -2.40. The molecule has 0 bridgehead atoms. The summed E-state index contributed by atoms with van der Waals surface area (Å²) in [5.74, 6) is -0.385. The minimum atomic E-state index is -0.702. The van der Waals surface area contributed by atoms with Gasteiger partial charge in [-0.05, 0) is 43.4 Å². The fraction of sp³-hybridized carbons (Fsp3) is 0.368. The third-order valence-corrected chi connectivity index (χ3v) is 5.68. The van der Waals surface area contributed by atoms with E-state index in [1.54, 1.807) is 34.5 Å². The van der Waals surface area contributed by atoms with Gasteiger partial charge in [0.05, 0.1) is 12.0 Å². The summed E-state index contributed by atoms with van der Waals surface area (Å²) in [5.41, 5.74) is 6.61. The van der Waals surface area contributed by atoms with Crippen molar-refractivity contribution in [3.8, 4) is 11.5 Å². The quantitative estimate of drug-likeness (QED) is 0.745. The normalized spacial score (nSPS) is 16.3. The van der Waals surface area contributed by atoms with Crippen LogP contribution >= 0.6 is 0 Å². The fourth-order valence-electron chi connectivity index (χ4n) is 3.31. The maximum absolute atomic E-state index is 13.1. The zero-order valence-electron chi connectivity index (χ0n) is 15.5. The molecule has 0 aromatic carbocycles. The first-order valence-corrected chi connectivity index (χ1v) is 8.81. The van der Waals surface area contributed by atoms with Gasteiger partial charge in [0.15, 0.2) is 17.1 Å². The molecule has 3 aromatic rings. The molecular weight excluding hydrogens is 346 g/mol. The van der Waals surface area contributed by atoms with Crippen molar-refractivity contribution in [2.75, 3.05) is 7.05 Å². The standard InChI is InChI=1S/C19H21N5O3/c1-11(19(2)6-7-19)23(3)18(26)12-9-13(14-5-4-8-27-14)24-10-21-15(16(20)25)17(24)22-12/h4-5,8-11H,6-7H2,1-3H3,(H2,20,25). The number of imidazole rings is 1. The highest BCUT2D eigenvalue weighted by Gasteiger charge is 2.45. The van der Waals surface area contributed by atoms with Gasteiger partial charge in [-0.1, -0.05) is 6.92 Å². The van der Waals surface area contributed by atoms with Crippen molar-refractivity contribution in [1.29, 1.82) is 0 Å². The van der Waals surface area contributed by atoms with Crippen molar-refractivity contribution in [3.63, 3.8) is 0 Å². The summed E-state index contributed by atoms with van der Waals surface area (Å²) < 4.78 is 7.09. The van der Waals surface area contributed by atoms with E-state index in [9.17, 15) is 9.59 Å². The molecular formula is C19H21N5O3. The number of fused-ring (bicyclic) bond motifs is 1. The number of carbonyl (C=O) groups excluding carboxylic acids is 2. The molecule has 27 heavy (non-hydrogen) atoms. The van der Waals surface area contributed by atoms with Crippen molar-refractivity contribution in [1.82, 2.24) is 19.3 Å². The molecule has 1 aliphatic rings. The lowest BCUT2D eigenvalue weighted by atomic mass is 9.99. The number of amides is 2. The highest BCUT2D eigenvalue weighted by molar-refractivity contribution is 5.99. The Balaban J connectivity index is 1.84. The van der Waals surface area contributed by atoms with Gasteiger partial charge < -0.3 is 15.1 Å². The Labute approximate surface area is 156 Å². The van der Waals surface area contributed by atoms with Crippen LogP contribution in [0.3, 0.4) is 0 Å². The van der Waals surface area contributed by atoms with E-state index in [4.69, 9.17) is 10.2 Å². The summed E-state index contributed by atoms with van der Waals surface area (Å²) in [7, 11) is 1.78. The average molecular weight is 367 g/mol. The largest absolute Gasteiger partial charge is 0.463 e. The Morgan fingerprint density at radius 2 is 2.15 bits per heavy atom. The number of furan rings is 1. The first-order valence-electron chi connectivity index (χ1n) is 8.81. The predicted octanol–water partition coefficient (Wildman–Crippen LogP) is 2.35. The molecule has 8 nitrogen and oxygen atoms in total. The van der Waals surface area contributed by atoms with Crippen molar-refractivity contribution >= 4 is 17.5 Å². The third kappa shape index (κ3) is 2.77. The molecule has 0 spiro atoms. The zero-order chi connectivity index (χ0) is 19.3. The molecule has 3 aromatic heterocycles. The fourth-order valence-corrected chi connectivity index (χ4v) is 3.31. The van der Waals surface area contributed by atoms with E-state index in [-0.39, 0.29) is 34.4 Å². The number of aromatic nitrogens is 3. The van der Waals surface area contributed by atoms with E-state index in [1.807, 2.05) is 6.92 Å². The van der Waals surface area contributed by atoms with Crippen LogP contribution < -0.4 is 5.73 Å². The van der Waals surface area contributed by atoms with E-state index in [1.165, 1.54) is 12.6 Å². The van der Waals surface area contributed by atoms with Crippen molar-refractivity contribution in [3.05, 3.63) is 42.2 Å². The molecule has 0 saturated heterocycles. The number of primary amides is 1. The lowest BCUT2D eigenvalue weighted by Gasteiger charge is -2.29. The topological polar surface area (TPSA) is 107 Å². The monoisotopic (exact) mass is 367 g/mol. The SMILES string of the molecule is CC(N(C)C(=O)c1cc(-c2ccco2)n2cnc(C(N)=O)c2n1)C1(C)CC1. The Kier molecular flexibility index (Phi) is 3.80. The molecule has 0 radical (unpaired) electrons. The van der Waals surface area contributed by atoms with Crippen molar-refractivity contribution in [2.24, 2.45) is 11.1 Å². The van der Waals surface area contributed by atoms with E-state index in [2.05, 4.69) is 16.9 Å². The minimum absolute atomic E-state index is 0.0160. The molecule has 2 N–H and O–H groups in total. The van der Waals surface area contributed by atoms with Crippen LogP contribution in [0.15, 0.2) is 35.2 Å². The number of hydrogen-bond donors (Lipinski definition) is 1. The van der Waals surface area contributed by atoms with E-state index in [0.717, 1.165) is 12.8 Å². The van der Waals surface area contributed by atoms with Gasteiger partial charge >= 0.3 is 0 Å². The van der Waals surface area contributed by atoms with Crippen molar-refractivity contribution in [2.45, 2.75) is 32.7 Å². The minimum Gasteiger partial charge on any atom is -0.463 e. The summed E-state index contributed by atoms with van der Waals surface area (Å²) in [5, 5.41) is 0. The van der Waals surface area contributed by atoms with Gasteiger partial charge in [0.2, 0.25) is 0 Å². The summed E-state index contributed by atoms with van der Waals surface area (Å²) in [6.07, 6.45) is 5.19. The van der Waals surface area contributed by atoms with Crippen LogP contribution in [0.2, 0.25) is 0 Å². The molecule has 1 atom stereocenters. The van der Waals surface area contributed by atoms with Crippen LogP contribution in [0.25, 0.3) is 17.1 Å². The van der Waals surface area contributed by atoms with Crippen LogP contribution in [0.1, 0.15) is 47.7 Å². The molecule has 0 aliphatic heterocycles. The molecule has 3 heterocycles. The second kappa shape index (κ2) is 5.94. The summed E-state index contributed by atoms with van der Waals surface area (Å²) in [6, 6.07) is 5.25. The molecule has 2 amide bonds. The van der Waals surface area contributed by atoms with Crippen LogP contribution in [-0.2, 0) is 0 Å². The Bertz CT molecular complexity index is 1030. The first-order chi connectivity index (χ1) is 12.8. The highest BCUT2D eigenvalue weighted by Crippen LogP contribution is 2.49. The van der Waals surface area contributed by atoms with Gasteiger partial charge in [-0.25, -0.2) is 9.97 Å². The lowest BCUT2D eigenvalue weighted by molar-refractivity contribution is 0.0678. The van der Waals surface area contributed by atoms with Crippen LogP contribution in [0.4, 0.5) is 0 Å². The van der Waals surface area contributed by atoms with E-state index < -0.39 is 5.91 Å². The maximum atomic E-state index is 13.1. The zero-order valence-corrected chi connectivity index (χ0v) is 15.5. The van der Waals surface area contributed by atoms with Crippen LogP contribution in [-0.4, -0.2) is 44.2 Å². The smallest absolute Gasteiger partial charge is 0.272 e. The molecule has 8 heteroatoms. The average Bonchev–Trinajstić information content (AvgIpc) is 3.07. The number of nitrogens with zero attached hydrogens (tertiary/aromatic N) is 4. The second-order valence-corrected chi connectivity index (χ2v) is 7.40. The van der Waals surface area contributed by atoms with Gasteiger partial charge in [-0.15, -0.1) is 0 Å². The third-order valence-electron chi connectivity index (χ3n) is 5.68. The molecule has 140 valence electrons. The molecule has 1 fully saturated rings. The number of hydrogen-bond acceptors (Lipinski definition) is 5. The second-order valence-electron chi connectivity index (χ2n) is 7.40. The Hall–Kier alpha value is -3.16.